The lowest BCUT2D eigenvalue weighted by Crippen LogP contribution is -2.54. The summed E-state index contributed by atoms with van der Waals surface area (Å²) in [5, 5.41) is 4.61. The Morgan fingerprint density at radius 2 is 1.86 bits per heavy atom. The number of likely N-dealkylation sites (tertiary alicyclic amines) is 1. The fourth-order valence-corrected chi connectivity index (χ4v) is 3.64. The van der Waals surface area contributed by atoms with Crippen molar-refractivity contribution in [3.05, 3.63) is 34.9 Å². The molecule has 1 aliphatic heterocycles. The molecule has 0 aliphatic carbocycles. The Morgan fingerprint density at radius 1 is 1.19 bits per heavy atom. The van der Waals surface area contributed by atoms with Gasteiger partial charge >= 0.3 is 0 Å². The quantitative estimate of drug-likeness (QED) is 0.823. The Balaban J connectivity index is 2.27. The Bertz CT molecular complexity index is 439. The predicted octanol–water partition coefficient (Wildman–Crippen LogP) is 4.65. The number of hydrogen-bond acceptors (Lipinski definition) is 2. The molecule has 21 heavy (non-hydrogen) atoms. The lowest BCUT2D eigenvalue weighted by molar-refractivity contribution is 0.0608. The highest BCUT2D eigenvalue weighted by Gasteiger charge is 2.37. The molecule has 1 aromatic carbocycles. The van der Waals surface area contributed by atoms with E-state index >= 15 is 0 Å². The van der Waals surface area contributed by atoms with Gasteiger partial charge in [0.15, 0.2) is 0 Å². The van der Waals surface area contributed by atoms with E-state index in [9.17, 15) is 0 Å². The molecule has 0 radical (unpaired) electrons. The van der Waals surface area contributed by atoms with Crippen LogP contribution in [-0.2, 0) is 0 Å². The van der Waals surface area contributed by atoms with E-state index in [0.717, 1.165) is 18.0 Å². The lowest BCUT2D eigenvalue weighted by atomic mass is 9.85. The van der Waals surface area contributed by atoms with Crippen LogP contribution in [0.1, 0.15) is 58.1 Å². The molecule has 1 fully saturated rings. The summed E-state index contributed by atoms with van der Waals surface area (Å²) in [6.45, 7) is 10.3. The first-order valence-electron chi connectivity index (χ1n) is 8.30. The van der Waals surface area contributed by atoms with Crippen LogP contribution in [0.25, 0.3) is 0 Å². The first-order chi connectivity index (χ1) is 10.1. The van der Waals surface area contributed by atoms with Gasteiger partial charge < -0.3 is 5.32 Å². The number of nitrogens with zero attached hydrogens (tertiary/aromatic N) is 1. The van der Waals surface area contributed by atoms with E-state index in [-0.39, 0.29) is 11.6 Å². The van der Waals surface area contributed by atoms with Crippen LogP contribution in [0.15, 0.2) is 24.3 Å². The van der Waals surface area contributed by atoms with Crippen molar-refractivity contribution in [1.29, 1.82) is 0 Å². The molecule has 0 saturated carbocycles. The molecule has 1 heterocycles. The van der Waals surface area contributed by atoms with Gasteiger partial charge in [-0.15, -0.1) is 0 Å². The van der Waals surface area contributed by atoms with Crippen LogP contribution in [0.4, 0.5) is 0 Å². The van der Waals surface area contributed by atoms with Gasteiger partial charge in [0.1, 0.15) is 0 Å². The summed E-state index contributed by atoms with van der Waals surface area (Å²) >= 11 is 6.48. The minimum Gasteiger partial charge on any atom is -0.308 e. The Labute approximate surface area is 134 Å². The zero-order valence-corrected chi connectivity index (χ0v) is 14.4. The second-order valence-corrected chi connectivity index (χ2v) is 7.02. The molecule has 0 amide bonds. The van der Waals surface area contributed by atoms with E-state index in [4.69, 9.17) is 11.6 Å². The van der Waals surface area contributed by atoms with Crippen molar-refractivity contribution in [2.24, 2.45) is 0 Å². The number of nitrogens with one attached hydrogen (secondary N) is 1. The van der Waals surface area contributed by atoms with Crippen LogP contribution < -0.4 is 5.32 Å². The van der Waals surface area contributed by atoms with Crippen molar-refractivity contribution >= 4 is 11.6 Å². The fourth-order valence-electron chi connectivity index (χ4n) is 3.39. The first kappa shape index (κ1) is 16.8. The van der Waals surface area contributed by atoms with Crippen molar-refractivity contribution in [3.63, 3.8) is 0 Å². The molecule has 1 unspecified atom stereocenters. The predicted molar refractivity (Wildman–Crippen MR) is 92.0 cm³/mol. The third-order valence-corrected chi connectivity index (χ3v) is 5.04. The monoisotopic (exact) mass is 308 g/mol. The van der Waals surface area contributed by atoms with Crippen molar-refractivity contribution in [2.75, 3.05) is 19.6 Å². The summed E-state index contributed by atoms with van der Waals surface area (Å²) in [7, 11) is 0. The smallest absolute Gasteiger partial charge is 0.0516 e. The second-order valence-electron chi connectivity index (χ2n) is 6.61. The van der Waals surface area contributed by atoms with Gasteiger partial charge in [0.25, 0.3) is 0 Å². The number of benzene rings is 1. The van der Waals surface area contributed by atoms with Gasteiger partial charge in [0, 0.05) is 10.6 Å². The van der Waals surface area contributed by atoms with Crippen LogP contribution in [0.5, 0.6) is 0 Å². The van der Waals surface area contributed by atoms with E-state index in [2.05, 4.69) is 43.1 Å². The third-order valence-electron chi connectivity index (χ3n) is 4.69. The van der Waals surface area contributed by atoms with Gasteiger partial charge in [-0.3, -0.25) is 4.90 Å². The third kappa shape index (κ3) is 4.00. The van der Waals surface area contributed by atoms with Crippen molar-refractivity contribution in [1.82, 2.24) is 10.2 Å². The van der Waals surface area contributed by atoms with Crippen molar-refractivity contribution in [3.8, 4) is 0 Å². The van der Waals surface area contributed by atoms with Gasteiger partial charge in [-0.2, -0.15) is 0 Å². The largest absolute Gasteiger partial charge is 0.308 e. The van der Waals surface area contributed by atoms with Gasteiger partial charge in [-0.05, 0) is 64.4 Å². The summed E-state index contributed by atoms with van der Waals surface area (Å²) < 4.78 is 0. The maximum Gasteiger partial charge on any atom is 0.0516 e. The van der Waals surface area contributed by atoms with E-state index in [0.29, 0.717) is 0 Å². The summed E-state index contributed by atoms with van der Waals surface area (Å²) in [6, 6.07) is 8.54. The molecule has 1 atom stereocenters. The Kier molecular flexibility index (Phi) is 6.09. The molecule has 0 aromatic heterocycles. The van der Waals surface area contributed by atoms with E-state index in [1.165, 1.54) is 37.9 Å². The van der Waals surface area contributed by atoms with Crippen LogP contribution >= 0.6 is 11.6 Å². The summed E-state index contributed by atoms with van der Waals surface area (Å²) in [5.41, 5.74) is 1.30. The number of hydrogen-bond donors (Lipinski definition) is 1. The van der Waals surface area contributed by atoms with Crippen LogP contribution in [0.2, 0.25) is 5.02 Å². The molecule has 2 rings (SSSR count). The normalized spacial score (nSPS) is 18.7. The Morgan fingerprint density at radius 3 is 2.48 bits per heavy atom. The number of halogens is 1. The van der Waals surface area contributed by atoms with Crippen molar-refractivity contribution in [2.45, 2.75) is 58.0 Å². The highest BCUT2D eigenvalue weighted by atomic mass is 35.5. The van der Waals surface area contributed by atoms with E-state index < -0.39 is 0 Å². The number of piperidine rings is 1. The molecule has 1 aliphatic rings. The topological polar surface area (TPSA) is 15.3 Å². The first-order valence-corrected chi connectivity index (χ1v) is 8.68. The Hall–Kier alpha value is -0.570. The lowest BCUT2D eigenvalue weighted by Gasteiger charge is -2.46. The summed E-state index contributed by atoms with van der Waals surface area (Å²) in [6.07, 6.45) is 5.13. The maximum atomic E-state index is 6.48. The SMILES string of the molecule is CCCNC(c1ccccc1Cl)C(C)(C)N1CCCCC1. The molecule has 1 saturated heterocycles. The molecular formula is C18H29ClN2. The zero-order chi connectivity index (χ0) is 15.3. The molecule has 0 bridgehead atoms. The molecule has 118 valence electrons. The summed E-state index contributed by atoms with van der Waals surface area (Å²) in [5.74, 6) is 0. The van der Waals surface area contributed by atoms with Crippen molar-refractivity contribution < 1.29 is 0 Å². The van der Waals surface area contributed by atoms with Gasteiger partial charge in [-0.25, -0.2) is 0 Å². The van der Waals surface area contributed by atoms with Crippen LogP contribution in [0, 0.1) is 0 Å². The van der Waals surface area contributed by atoms with Gasteiger partial charge in [0.2, 0.25) is 0 Å². The van der Waals surface area contributed by atoms with Crippen LogP contribution in [-0.4, -0.2) is 30.1 Å². The minimum atomic E-state index is 0.0700. The zero-order valence-electron chi connectivity index (χ0n) is 13.7. The number of rotatable bonds is 6. The highest BCUT2D eigenvalue weighted by Crippen LogP contribution is 2.36. The standard InChI is InChI=1S/C18H29ClN2/c1-4-12-20-17(15-10-6-7-11-16(15)19)18(2,3)21-13-8-5-9-14-21/h6-7,10-11,17,20H,4-5,8-9,12-14H2,1-3H3. The van der Waals surface area contributed by atoms with E-state index in [1.807, 2.05) is 12.1 Å². The molecule has 2 nitrogen and oxygen atoms in total. The molecule has 1 aromatic rings. The van der Waals surface area contributed by atoms with Gasteiger partial charge in [-0.1, -0.05) is 43.1 Å². The van der Waals surface area contributed by atoms with Crippen LogP contribution in [0.3, 0.4) is 0 Å². The molecule has 0 spiro atoms. The highest BCUT2D eigenvalue weighted by molar-refractivity contribution is 6.31. The average Bonchev–Trinajstić information content (AvgIpc) is 2.50. The minimum absolute atomic E-state index is 0.0700. The van der Waals surface area contributed by atoms with Gasteiger partial charge in [0.05, 0.1) is 6.04 Å². The summed E-state index contributed by atoms with van der Waals surface area (Å²) in [4.78, 5) is 2.63. The fraction of sp³-hybridized carbons (Fsp3) is 0.667. The molecule has 3 heteroatoms. The van der Waals surface area contributed by atoms with E-state index in [1.54, 1.807) is 0 Å². The maximum absolute atomic E-state index is 6.48. The molecule has 1 N–H and O–H groups in total. The molecular weight excluding hydrogens is 280 g/mol. The second kappa shape index (κ2) is 7.62. The average molecular weight is 309 g/mol.